The molecule has 0 fully saturated rings. The highest BCUT2D eigenvalue weighted by atomic mass is 16.5. The van der Waals surface area contributed by atoms with Crippen molar-refractivity contribution in [1.29, 1.82) is 0 Å². The van der Waals surface area contributed by atoms with Crippen LogP contribution in [0.25, 0.3) is 11.3 Å². The van der Waals surface area contributed by atoms with Crippen molar-refractivity contribution in [3.63, 3.8) is 0 Å². The van der Waals surface area contributed by atoms with E-state index >= 15 is 0 Å². The summed E-state index contributed by atoms with van der Waals surface area (Å²) in [6.07, 6.45) is 0.969. The summed E-state index contributed by atoms with van der Waals surface area (Å²) in [6.45, 7) is 6.36. The van der Waals surface area contributed by atoms with E-state index in [0.29, 0.717) is 23.9 Å². The number of benzene rings is 2. The van der Waals surface area contributed by atoms with E-state index in [-0.39, 0.29) is 12.0 Å². The lowest BCUT2D eigenvalue weighted by Crippen LogP contribution is -2.16. The Balaban J connectivity index is 1.87. The molecule has 1 aromatic heterocycles. The molecule has 0 saturated heterocycles. The van der Waals surface area contributed by atoms with Crippen molar-refractivity contribution in [1.82, 2.24) is 9.97 Å². The van der Waals surface area contributed by atoms with Crippen molar-refractivity contribution < 1.29 is 9.53 Å². The number of esters is 1. The number of anilines is 3. The Hall–Kier alpha value is -3.41. The van der Waals surface area contributed by atoms with Gasteiger partial charge in [-0.2, -0.15) is 4.98 Å². The molecule has 3 rings (SSSR count). The molecule has 0 saturated carbocycles. The van der Waals surface area contributed by atoms with E-state index in [9.17, 15) is 4.79 Å². The minimum absolute atomic E-state index is 0.262. The van der Waals surface area contributed by atoms with Gasteiger partial charge in [0.1, 0.15) is 5.82 Å². The Morgan fingerprint density at radius 3 is 2.41 bits per heavy atom. The van der Waals surface area contributed by atoms with E-state index in [1.807, 2.05) is 48.5 Å². The van der Waals surface area contributed by atoms with Crippen LogP contribution in [0.15, 0.2) is 60.7 Å². The minimum atomic E-state index is -0.326. The monoisotopic (exact) mass is 390 g/mol. The van der Waals surface area contributed by atoms with Crippen molar-refractivity contribution in [3.05, 3.63) is 66.2 Å². The molecule has 1 atom stereocenters. The molecule has 0 amide bonds. The van der Waals surface area contributed by atoms with Gasteiger partial charge in [-0.15, -0.1) is 0 Å². The number of nitrogens with one attached hydrogen (secondary N) is 2. The fraction of sp³-hybridized carbons (Fsp3) is 0.261. The Kier molecular flexibility index (Phi) is 6.79. The van der Waals surface area contributed by atoms with E-state index in [1.165, 1.54) is 0 Å². The maximum atomic E-state index is 11.8. The standard InChI is InChI=1S/C23H26N4O2/c1-4-16(3)24-23-26-20(17-9-7-6-8-10-17)15-21(27-23)25-19-13-11-18(12-14-19)22(28)29-5-2/h6-16H,4-5H2,1-3H3,(H2,24,25,26,27). The van der Waals surface area contributed by atoms with Crippen LogP contribution in [0.5, 0.6) is 0 Å². The van der Waals surface area contributed by atoms with Gasteiger partial charge < -0.3 is 15.4 Å². The van der Waals surface area contributed by atoms with Crippen LogP contribution in [0, 0.1) is 0 Å². The van der Waals surface area contributed by atoms with Gasteiger partial charge in [0.15, 0.2) is 0 Å². The van der Waals surface area contributed by atoms with Crippen LogP contribution in [0.2, 0.25) is 0 Å². The van der Waals surface area contributed by atoms with E-state index in [0.717, 1.165) is 23.4 Å². The summed E-state index contributed by atoms with van der Waals surface area (Å²) in [5.41, 5.74) is 3.19. The zero-order valence-electron chi connectivity index (χ0n) is 17.0. The van der Waals surface area contributed by atoms with Crippen LogP contribution in [-0.4, -0.2) is 28.6 Å². The summed E-state index contributed by atoms with van der Waals surface area (Å²) in [5.74, 6) is 0.923. The summed E-state index contributed by atoms with van der Waals surface area (Å²) in [7, 11) is 0. The largest absolute Gasteiger partial charge is 0.462 e. The zero-order chi connectivity index (χ0) is 20.6. The summed E-state index contributed by atoms with van der Waals surface area (Å²) >= 11 is 0. The Morgan fingerprint density at radius 2 is 1.76 bits per heavy atom. The van der Waals surface area contributed by atoms with Crippen molar-refractivity contribution in [2.24, 2.45) is 0 Å². The first-order valence-electron chi connectivity index (χ1n) is 9.84. The fourth-order valence-electron chi connectivity index (χ4n) is 2.71. The van der Waals surface area contributed by atoms with Gasteiger partial charge in [0.25, 0.3) is 0 Å². The Labute approximate surface area is 171 Å². The molecule has 29 heavy (non-hydrogen) atoms. The van der Waals surface area contributed by atoms with Crippen molar-refractivity contribution >= 4 is 23.4 Å². The van der Waals surface area contributed by atoms with Crippen LogP contribution in [0.1, 0.15) is 37.6 Å². The molecule has 0 radical (unpaired) electrons. The quantitative estimate of drug-likeness (QED) is 0.510. The summed E-state index contributed by atoms with van der Waals surface area (Å²) in [6, 6.07) is 19.3. The Bertz CT molecular complexity index is 943. The van der Waals surface area contributed by atoms with Crippen LogP contribution in [0.4, 0.5) is 17.5 Å². The highest BCUT2D eigenvalue weighted by Crippen LogP contribution is 2.24. The van der Waals surface area contributed by atoms with E-state index in [1.54, 1.807) is 19.1 Å². The number of hydrogen-bond acceptors (Lipinski definition) is 6. The molecule has 1 heterocycles. The molecule has 0 aliphatic carbocycles. The normalized spacial score (nSPS) is 11.6. The molecule has 1 unspecified atom stereocenters. The number of carbonyl (C=O) groups excluding carboxylic acids is 1. The molecule has 6 nitrogen and oxygen atoms in total. The third-order valence-corrected chi connectivity index (χ3v) is 4.45. The first-order valence-corrected chi connectivity index (χ1v) is 9.84. The van der Waals surface area contributed by atoms with Gasteiger partial charge in [-0.1, -0.05) is 37.3 Å². The second kappa shape index (κ2) is 9.68. The average molecular weight is 390 g/mol. The number of nitrogens with zero attached hydrogens (tertiary/aromatic N) is 2. The van der Waals surface area contributed by atoms with Gasteiger partial charge in [-0.25, -0.2) is 9.78 Å². The highest BCUT2D eigenvalue weighted by molar-refractivity contribution is 5.89. The molecule has 0 aliphatic rings. The van der Waals surface area contributed by atoms with Gasteiger partial charge >= 0.3 is 5.97 Å². The van der Waals surface area contributed by atoms with Crippen molar-refractivity contribution in [2.45, 2.75) is 33.2 Å². The maximum Gasteiger partial charge on any atom is 0.338 e. The molecule has 2 aromatic carbocycles. The molecule has 2 N–H and O–H groups in total. The fourth-order valence-corrected chi connectivity index (χ4v) is 2.71. The SMILES string of the molecule is CCOC(=O)c1ccc(Nc2cc(-c3ccccc3)nc(NC(C)CC)n2)cc1. The second-order valence-electron chi connectivity index (χ2n) is 6.70. The third kappa shape index (κ3) is 5.54. The van der Waals surface area contributed by atoms with Gasteiger partial charge in [0.2, 0.25) is 5.95 Å². The third-order valence-electron chi connectivity index (χ3n) is 4.45. The molecule has 0 spiro atoms. The number of aromatic nitrogens is 2. The highest BCUT2D eigenvalue weighted by Gasteiger charge is 2.10. The minimum Gasteiger partial charge on any atom is -0.462 e. The lowest BCUT2D eigenvalue weighted by Gasteiger charge is -2.15. The van der Waals surface area contributed by atoms with Gasteiger partial charge in [0.05, 0.1) is 17.9 Å². The second-order valence-corrected chi connectivity index (χ2v) is 6.70. The van der Waals surface area contributed by atoms with E-state index in [2.05, 4.69) is 34.4 Å². The smallest absolute Gasteiger partial charge is 0.338 e. The molecular formula is C23H26N4O2. The molecule has 150 valence electrons. The first-order chi connectivity index (χ1) is 14.1. The number of ether oxygens (including phenoxy) is 1. The van der Waals surface area contributed by atoms with E-state index in [4.69, 9.17) is 4.74 Å². The van der Waals surface area contributed by atoms with Crippen molar-refractivity contribution in [2.75, 3.05) is 17.2 Å². The van der Waals surface area contributed by atoms with Crippen LogP contribution in [0.3, 0.4) is 0 Å². The molecule has 0 bridgehead atoms. The maximum absolute atomic E-state index is 11.8. The molecule has 0 aliphatic heterocycles. The summed E-state index contributed by atoms with van der Waals surface area (Å²) < 4.78 is 5.03. The molecule has 3 aromatic rings. The predicted molar refractivity (Wildman–Crippen MR) is 117 cm³/mol. The van der Waals surface area contributed by atoms with Crippen LogP contribution < -0.4 is 10.6 Å². The summed E-state index contributed by atoms with van der Waals surface area (Å²) in [4.78, 5) is 21.1. The van der Waals surface area contributed by atoms with Gasteiger partial charge in [-0.05, 0) is 44.5 Å². The van der Waals surface area contributed by atoms with Crippen molar-refractivity contribution in [3.8, 4) is 11.3 Å². The number of carbonyl (C=O) groups is 1. The molecular weight excluding hydrogens is 364 g/mol. The van der Waals surface area contributed by atoms with Gasteiger partial charge in [-0.3, -0.25) is 0 Å². The number of hydrogen-bond donors (Lipinski definition) is 2. The number of rotatable bonds is 8. The topological polar surface area (TPSA) is 76.1 Å². The zero-order valence-corrected chi connectivity index (χ0v) is 17.0. The summed E-state index contributed by atoms with van der Waals surface area (Å²) in [5, 5.41) is 6.64. The predicted octanol–water partition coefficient (Wildman–Crippen LogP) is 5.27. The van der Waals surface area contributed by atoms with Gasteiger partial charge in [0, 0.05) is 23.4 Å². The van der Waals surface area contributed by atoms with Crippen LogP contribution in [-0.2, 0) is 4.74 Å². The molecule has 6 heteroatoms. The first kappa shape index (κ1) is 20.3. The lowest BCUT2D eigenvalue weighted by atomic mass is 10.1. The Morgan fingerprint density at radius 1 is 1.03 bits per heavy atom. The average Bonchev–Trinajstić information content (AvgIpc) is 2.75. The van der Waals surface area contributed by atoms with Crippen LogP contribution >= 0.6 is 0 Å². The van der Waals surface area contributed by atoms with E-state index < -0.39 is 0 Å². The lowest BCUT2D eigenvalue weighted by molar-refractivity contribution is 0.0526.